The number of carbonyl (C=O) groups is 1. The van der Waals surface area contributed by atoms with Crippen LogP contribution in [0.5, 0.6) is 0 Å². The molecule has 0 aliphatic heterocycles. The van der Waals surface area contributed by atoms with Gasteiger partial charge in [0, 0.05) is 16.1 Å². The second-order valence-corrected chi connectivity index (χ2v) is 17.9. The van der Waals surface area contributed by atoms with E-state index in [0.717, 1.165) is 0 Å². The van der Waals surface area contributed by atoms with Crippen molar-refractivity contribution in [1.82, 2.24) is 8.95 Å². The average Bonchev–Trinajstić information content (AvgIpc) is 2.83. The van der Waals surface area contributed by atoms with Gasteiger partial charge in [0.15, 0.2) is 0 Å². The Kier molecular flexibility index (Phi) is 6.45. The van der Waals surface area contributed by atoms with Gasteiger partial charge in [0.05, 0.1) is 10.5 Å². The van der Waals surface area contributed by atoms with Crippen LogP contribution in [0.25, 0.3) is 10.9 Å². The van der Waals surface area contributed by atoms with Crippen LogP contribution in [0.15, 0.2) is 27.7 Å². The molecule has 0 saturated carbocycles. The summed E-state index contributed by atoms with van der Waals surface area (Å²) in [6, 6.07) is 3.16. The summed E-state index contributed by atoms with van der Waals surface area (Å²) in [4.78, 5) is 12.7. The summed E-state index contributed by atoms with van der Waals surface area (Å²) >= 11 is 9.56. The number of nitrogens with zero attached hydrogens (tertiary/aromatic N) is 1. The number of rotatable bonds is 3. The van der Waals surface area contributed by atoms with Crippen LogP contribution in [0, 0.1) is 0 Å². The van der Waals surface area contributed by atoms with Crippen LogP contribution in [0.2, 0.25) is 23.2 Å². The fourth-order valence-electron chi connectivity index (χ4n) is 2.41. The van der Waals surface area contributed by atoms with E-state index in [2.05, 4.69) is 20.3 Å². The zero-order valence-corrected chi connectivity index (χ0v) is 22.1. The van der Waals surface area contributed by atoms with Crippen molar-refractivity contribution >= 4 is 62.8 Å². The predicted molar refractivity (Wildman–Crippen MR) is 124 cm³/mol. The maximum Gasteiger partial charge on any atom is 0.419 e. The third-order valence-electron chi connectivity index (χ3n) is 4.95. The Morgan fingerprint density at radius 3 is 2.21 bits per heavy atom. The Balaban J connectivity index is 2.71. The Labute approximate surface area is 187 Å². The van der Waals surface area contributed by atoms with Crippen molar-refractivity contribution in [3.8, 4) is 0 Å². The number of ether oxygens (including phenoxy) is 1. The first-order chi connectivity index (χ1) is 12.9. The molecule has 1 aromatic heterocycles. The molecule has 0 aliphatic carbocycles. The Morgan fingerprint density at radius 1 is 1.17 bits per heavy atom. The normalized spacial score (nSPS) is 13.7. The van der Waals surface area contributed by atoms with Crippen molar-refractivity contribution in [2.75, 3.05) is 0 Å². The molecular formula is C19H28BrClN2O4SSi. The van der Waals surface area contributed by atoms with Gasteiger partial charge < -0.3 is 4.74 Å². The molecule has 0 aliphatic rings. The zero-order valence-electron chi connectivity index (χ0n) is 18.0. The van der Waals surface area contributed by atoms with Crippen LogP contribution in [-0.2, 0) is 14.8 Å². The minimum absolute atomic E-state index is 0.0144. The van der Waals surface area contributed by atoms with E-state index in [-0.39, 0.29) is 9.93 Å². The quantitative estimate of drug-likeness (QED) is 0.491. The van der Waals surface area contributed by atoms with Crippen LogP contribution in [0.1, 0.15) is 41.5 Å². The van der Waals surface area contributed by atoms with Gasteiger partial charge in [-0.15, -0.1) is 0 Å². The Bertz CT molecular complexity index is 1070. The maximum absolute atomic E-state index is 13.3. The molecule has 0 atom stereocenters. The number of halogens is 2. The number of fused-ring (bicyclic) bond motifs is 1. The highest BCUT2D eigenvalue weighted by atomic mass is 79.9. The van der Waals surface area contributed by atoms with Crippen LogP contribution >= 0.6 is 27.5 Å². The molecule has 2 aromatic rings. The molecule has 6 nitrogen and oxygen atoms in total. The summed E-state index contributed by atoms with van der Waals surface area (Å²) in [5, 5.41) is 0.549. The summed E-state index contributed by atoms with van der Waals surface area (Å²) in [6.07, 6.45) is 0.631. The van der Waals surface area contributed by atoms with Crippen molar-refractivity contribution < 1.29 is 17.9 Å². The first-order valence-electron chi connectivity index (χ1n) is 9.13. The molecular weight excluding hydrogens is 496 g/mol. The van der Waals surface area contributed by atoms with Crippen LogP contribution in [0.3, 0.4) is 0 Å². The average molecular weight is 524 g/mol. The molecule has 162 valence electrons. The van der Waals surface area contributed by atoms with E-state index in [0.29, 0.717) is 20.4 Å². The lowest BCUT2D eigenvalue weighted by atomic mass is 10.2. The molecule has 0 unspecified atom stereocenters. The number of hydrogen-bond acceptors (Lipinski definition) is 4. The van der Waals surface area contributed by atoms with Crippen molar-refractivity contribution in [3.05, 3.63) is 27.8 Å². The molecule has 0 amide bonds. The molecule has 10 heteroatoms. The standard InChI is InChI=1S/C19H28BrClN2O4SSi/c1-18(2,3)27-17(24)23-11-16(12-9-13(20)14(21)10-15(12)23)28(25,26)22-29(7,8)19(4,5)6/h9-11,22H,1-8H3. The molecule has 29 heavy (non-hydrogen) atoms. The topological polar surface area (TPSA) is 77.4 Å². The van der Waals surface area contributed by atoms with Gasteiger partial charge in [0.25, 0.3) is 0 Å². The van der Waals surface area contributed by atoms with Gasteiger partial charge in [0.1, 0.15) is 18.7 Å². The number of aromatic nitrogens is 1. The molecule has 0 radical (unpaired) electrons. The smallest absolute Gasteiger partial charge is 0.419 e. The third-order valence-corrected chi connectivity index (χ3v) is 13.9. The SMILES string of the molecule is CC(C)(C)OC(=O)n1cc(S(=O)(=O)N[Si](C)(C)C(C)(C)C)c2cc(Br)c(Cl)cc21. The highest BCUT2D eigenvalue weighted by molar-refractivity contribution is 9.10. The van der Waals surface area contributed by atoms with Gasteiger partial charge in [-0.25, -0.2) is 17.6 Å². The Morgan fingerprint density at radius 2 is 1.72 bits per heavy atom. The van der Waals surface area contributed by atoms with Gasteiger partial charge in [-0.3, -0.25) is 4.57 Å². The molecule has 0 bridgehead atoms. The fraction of sp³-hybridized carbons (Fsp3) is 0.526. The zero-order chi connectivity index (χ0) is 22.6. The lowest BCUT2D eigenvalue weighted by Gasteiger charge is -2.36. The number of hydrogen-bond donors (Lipinski definition) is 1. The highest BCUT2D eigenvalue weighted by Crippen LogP contribution is 2.37. The van der Waals surface area contributed by atoms with Gasteiger partial charge in [-0.1, -0.05) is 45.5 Å². The lowest BCUT2D eigenvalue weighted by molar-refractivity contribution is 0.0544. The fourth-order valence-corrected chi connectivity index (χ4v) is 7.96. The van der Waals surface area contributed by atoms with E-state index in [4.69, 9.17) is 16.3 Å². The minimum atomic E-state index is -3.89. The summed E-state index contributed by atoms with van der Waals surface area (Å²) in [6.45, 7) is 15.2. The third kappa shape index (κ3) is 5.25. The molecule has 1 N–H and O–H groups in total. The lowest BCUT2D eigenvalue weighted by Crippen LogP contribution is -2.54. The van der Waals surface area contributed by atoms with Crippen LogP contribution in [0.4, 0.5) is 4.79 Å². The number of benzene rings is 1. The van der Waals surface area contributed by atoms with E-state index < -0.39 is 30.0 Å². The minimum Gasteiger partial charge on any atom is -0.443 e. The van der Waals surface area contributed by atoms with E-state index >= 15 is 0 Å². The maximum atomic E-state index is 13.3. The second-order valence-electron chi connectivity index (χ2n) is 9.61. The molecule has 1 heterocycles. The van der Waals surface area contributed by atoms with Crippen molar-refractivity contribution in [2.45, 2.75) is 70.2 Å². The Hall–Kier alpha value is -0.873. The molecule has 2 rings (SSSR count). The molecule has 0 spiro atoms. The highest BCUT2D eigenvalue weighted by Gasteiger charge is 2.40. The monoisotopic (exact) mass is 522 g/mol. The summed E-state index contributed by atoms with van der Waals surface area (Å²) < 4.78 is 36.8. The molecule has 0 saturated heterocycles. The van der Waals surface area contributed by atoms with Gasteiger partial charge >= 0.3 is 6.09 Å². The van der Waals surface area contributed by atoms with Gasteiger partial charge in [-0.2, -0.15) is 0 Å². The van der Waals surface area contributed by atoms with Crippen LogP contribution < -0.4 is 4.39 Å². The van der Waals surface area contributed by atoms with Gasteiger partial charge in [0.2, 0.25) is 10.0 Å². The second kappa shape index (κ2) is 7.67. The summed E-state index contributed by atoms with van der Waals surface area (Å²) in [7, 11) is -6.29. The number of nitrogens with one attached hydrogen (secondary N) is 1. The number of carbonyl (C=O) groups excluding carboxylic acids is 1. The van der Waals surface area contributed by atoms with Crippen molar-refractivity contribution in [2.24, 2.45) is 0 Å². The van der Waals surface area contributed by atoms with E-state index in [1.165, 1.54) is 10.8 Å². The van der Waals surface area contributed by atoms with Crippen molar-refractivity contribution in [3.63, 3.8) is 0 Å². The first-order valence-corrected chi connectivity index (χ1v) is 14.8. The van der Waals surface area contributed by atoms with Crippen LogP contribution in [-0.4, -0.2) is 32.9 Å². The first kappa shape index (κ1) is 24.4. The van der Waals surface area contributed by atoms with E-state index in [1.54, 1.807) is 32.9 Å². The summed E-state index contributed by atoms with van der Waals surface area (Å²) in [5.41, 5.74) is -0.367. The van der Waals surface area contributed by atoms with E-state index in [1.807, 2.05) is 33.9 Å². The van der Waals surface area contributed by atoms with Gasteiger partial charge in [-0.05, 0) is 53.9 Å². The van der Waals surface area contributed by atoms with E-state index in [9.17, 15) is 13.2 Å². The predicted octanol–water partition coefficient (Wildman–Crippen LogP) is 6.12. The van der Waals surface area contributed by atoms with Crippen molar-refractivity contribution in [1.29, 1.82) is 0 Å². The largest absolute Gasteiger partial charge is 0.443 e. The summed E-state index contributed by atoms with van der Waals surface area (Å²) in [5.74, 6) is 0. The number of sulfonamides is 1. The molecule has 0 fully saturated rings. The molecule has 1 aromatic carbocycles.